The van der Waals surface area contributed by atoms with Gasteiger partial charge in [-0.15, -0.1) is 23.5 Å². The average molecular weight is 432 g/mol. The molecule has 7 heteroatoms. The van der Waals surface area contributed by atoms with Gasteiger partial charge in [0.05, 0.1) is 10.5 Å². The lowest BCUT2D eigenvalue weighted by Gasteiger charge is -2.31. The van der Waals surface area contributed by atoms with E-state index in [-0.39, 0.29) is 23.6 Å². The Labute approximate surface area is 178 Å². The molecule has 2 saturated heterocycles. The number of amides is 1. The Morgan fingerprint density at radius 3 is 2.38 bits per heavy atom. The summed E-state index contributed by atoms with van der Waals surface area (Å²) in [6.07, 6.45) is 1.43. The van der Waals surface area contributed by atoms with Crippen LogP contribution in [0.1, 0.15) is 33.3 Å². The van der Waals surface area contributed by atoms with Gasteiger partial charge in [0.1, 0.15) is 11.6 Å². The maximum Gasteiger partial charge on any atom is 0.316 e. The fourth-order valence-electron chi connectivity index (χ4n) is 3.57. The first-order valence-corrected chi connectivity index (χ1v) is 11.8. The van der Waals surface area contributed by atoms with Crippen LogP contribution < -0.4 is 4.74 Å². The van der Waals surface area contributed by atoms with Crippen molar-refractivity contribution in [2.24, 2.45) is 5.92 Å². The van der Waals surface area contributed by atoms with Gasteiger partial charge in [-0.2, -0.15) is 0 Å². The molecule has 0 aromatic heterocycles. The normalized spacial score (nSPS) is 19.9. The van der Waals surface area contributed by atoms with Crippen molar-refractivity contribution < 1.29 is 18.7 Å². The van der Waals surface area contributed by atoms with Crippen LogP contribution in [0.25, 0.3) is 0 Å². The Balaban J connectivity index is 1.35. The molecule has 4 rings (SSSR count). The van der Waals surface area contributed by atoms with Crippen LogP contribution in [0.15, 0.2) is 48.5 Å². The summed E-state index contributed by atoms with van der Waals surface area (Å²) in [5.74, 6) is 1.65. The number of benzene rings is 2. The third kappa shape index (κ3) is 4.95. The summed E-state index contributed by atoms with van der Waals surface area (Å²) >= 11 is 3.87. The fraction of sp³-hybridized carbons (Fsp3) is 0.364. The van der Waals surface area contributed by atoms with Gasteiger partial charge < -0.3 is 9.64 Å². The van der Waals surface area contributed by atoms with Gasteiger partial charge in [-0.05, 0) is 54.8 Å². The van der Waals surface area contributed by atoms with E-state index in [1.165, 1.54) is 41.3 Å². The second-order valence-corrected chi connectivity index (χ2v) is 9.89. The number of thioether (sulfide) groups is 2. The Bertz CT molecular complexity index is 867. The standard InChI is InChI=1S/C22H22FNO3S2/c23-18-7-3-15(4-8-18)20(25)24-11-1-2-17(14-24)21(26)27-19-9-5-16(6-10-19)22-28-12-13-29-22/h3-10,17,22H,1-2,11-14H2. The third-order valence-corrected chi connectivity index (χ3v) is 8.23. The summed E-state index contributed by atoms with van der Waals surface area (Å²) in [5.41, 5.74) is 1.67. The van der Waals surface area contributed by atoms with Crippen molar-refractivity contribution >= 4 is 35.4 Å². The number of piperidine rings is 1. The van der Waals surface area contributed by atoms with Gasteiger partial charge in [0.2, 0.25) is 0 Å². The van der Waals surface area contributed by atoms with E-state index < -0.39 is 0 Å². The Hall–Kier alpha value is -1.99. The van der Waals surface area contributed by atoms with Crippen LogP contribution in [0.5, 0.6) is 5.75 Å². The zero-order valence-electron chi connectivity index (χ0n) is 15.9. The molecular formula is C22H22FNO3S2. The molecule has 0 radical (unpaired) electrons. The Kier molecular flexibility index (Phi) is 6.45. The highest BCUT2D eigenvalue weighted by Gasteiger charge is 2.30. The van der Waals surface area contributed by atoms with E-state index >= 15 is 0 Å². The number of rotatable bonds is 4. The molecule has 4 nitrogen and oxygen atoms in total. The second kappa shape index (κ2) is 9.22. The van der Waals surface area contributed by atoms with E-state index in [0.717, 1.165) is 6.42 Å². The minimum atomic E-state index is -0.377. The van der Waals surface area contributed by atoms with Crippen molar-refractivity contribution in [3.63, 3.8) is 0 Å². The third-order valence-electron chi connectivity index (χ3n) is 5.13. The molecule has 0 spiro atoms. The maximum atomic E-state index is 13.1. The molecule has 0 aliphatic carbocycles. The molecular weight excluding hydrogens is 409 g/mol. The summed E-state index contributed by atoms with van der Waals surface area (Å²) in [6, 6.07) is 13.2. The van der Waals surface area contributed by atoms with Gasteiger partial charge in [-0.3, -0.25) is 9.59 Å². The van der Waals surface area contributed by atoms with Crippen LogP contribution in [0.2, 0.25) is 0 Å². The first kappa shape index (κ1) is 20.3. The van der Waals surface area contributed by atoms with Gasteiger partial charge >= 0.3 is 5.97 Å². The van der Waals surface area contributed by atoms with E-state index in [1.54, 1.807) is 4.90 Å². The van der Waals surface area contributed by atoms with Crippen molar-refractivity contribution in [3.05, 3.63) is 65.5 Å². The first-order chi connectivity index (χ1) is 14.1. The molecule has 2 heterocycles. The van der Waals surface area contributed by atoms with Crippen molar-refractivity contribution in [2.45, 2.75) is 17.4 Å². The smallest absolute Gasteiger partial charge is 0.316 e. The van der Waals surface area contributed by atoms with E-state index in [0.29, 0.717) is 35.4 Å². The highest BCUT2D eigenvalue weighted by Crippen LogP contribution is 2.45. The number of carbonyl (C=O) groups excluding carboxylic acids is 2. The number of hydrogen-bond acceptors (Lipinski definition) is 5. The Morgan fingerprint density at radius 2 is 1.69 bits per heavy atom. The molecule has 0 saturated carbocycles. The number of carbonyl (C=O) groups is 2. The maximum absolute atomic E-state index is 13.1. The van der Waals surface area contributed by atoms with Crippen LogP contribution in [-0.2, 0) is 4.79 Å². The van der Waals surface area contributed by atoms with Gasteiger partial charge in [0, 0.05) is 30.2 Å². The lowest BCUT2D eigenvalue weighted by atomic mass is 9.97. The predicted octanol–water partition coefficient (Wildman–Crippen LogP) is 4.76. The zero-order valence-corrected chi connectivity index (χ0v) is 17.5. The molecule has 2 aromatic carbocycles. The zero-order chi connectivity index (χ0) is 20.2. The van der Waals surface area contributed by atoms with Gasteiger partial charge in [-0.25, -0.2) is 4.39 Å². The highest BCUT2D eigenvalue weighted by molar-refractivity contribution is 8.19. The molecule has 152 valence electrons. The topological polar surface area (TPSA) is 46.6 Å². The highest BCUT2D eigenvalue weighted by atomic mass is 32.2. The second-order valence-electron chi connectivity index (χ2n) is 7.16. The lowest BCUT2D eigenvalue weighted by molar-refractivity contribution is -0.140. The van der Waals surface area contributed by atoms with Gasteiger partial charge in [-0.1, -0.05) is 12.1 Å². The number of esters is 1. The van der Waals surface area contributed by atoms with Crippen molar-refractivity contribution in [2.75, 3.05) is 24.6 Å². The summed E-state index contributed by atoms with van der Waals surface area (Å²) < 4.78 is 19.1. The van der Waals surface area contributed by atoms with Crippen molar-refractivity contribution in [3.8, 4) is 5.75 Å². The predicted molar refractivity (Wildman–Crippen MR) is 115 cm³/mol. The molecule has 0 N–H and O–H groups in total. The van der Waals surface area contributed by atoms with Gasteiger partial charge in [0.25, 0.3) is 5.91 Å². The molecule has 1 atom stereocenters. The largest absolute Gasteiger partial charge is 0.426 e. The monoisotopic (exact) mass is 431 g/mol. The molecule has 2 aliphatic heterocycles. The fourth-order valence-corrected chi connectivity index (χ4v) is 6.43. The van der Waals surface area contributed by atoms with E-state index in [1.807, 2.05) is 47.8 Å². The molecule has 29 heavy (non-hydrogen) atoms. The quantitative estimate of drug-likeness (QED) is 0.516. The summed E-state index contributed by atoms with van der Waals surface area (Å²) in [5, 5.41) is 0. The lowest BCUT2D eigenvalue weighted by Crippen LogP contribution is -2.43. The molecule has 1 unspecified atom stereocenters. The summed E-state index contributed by atoms with van der Waals surface area (Å²) in [6.45, 7) is 0.911. The molecule has 2 fully saturated rings. The first-order valence-electron chi connectivity index (χ1n) is 9.70. The van der Waals surface area contributed by atoms with E-state index in [2.05, 4.69) is 0 Å². The van der Waals surface area contributed by atoms with E-state index in [4.69, 9.17) is 4.74 Å². The van der Waals surface area contributed by atoms with Crippen molar-refractivity contribution in [1.82, 2.24) is 4.90 Å². The van der Waals surface area contributed by atoms with E-state index in [9.17, 15) is 14.0 Å². The number of likely N-dealkylation sites (tertiary alicyclic amines) is 1. The number of hydrogen-bond donors (Lipinski definition) is 0. The van der Waals surface area contributed by atoms with Crippen LogP contribution in [0.3, 0.4) is 0 Å². The Morgan fingerprint density at radius 1 is 1.00 bits per heavy atom. The van der Waals surface area contributed by atoms with Crippen LogP contribution in [-0.4, -0.2) is 41.4 Å². The minimum Gasteiger partial charge on any atom is -0.426 e. The van der Waals surface area contributed by atoms with Gasteiger partial charge in [0.15, 0.2) is 0 Å². The van der Waals surface area contributed by atoms with Crippen molar-refractivity contribution in [1.29, 1.82) is 0 Å². The molecule has 0 bridgehead atoms. The number of halogens is 1. The number of nitrogens with zero attached hydrogens (tertiary/aromatic N) is 1. The average Bonchev–Trinajstić information content (AvgIpc) is 3.29. The van der Waals surface area contributed by atoms with Crippen LogP contribution in [0.4, 0.5) is 4.39 Å². The molecule has 2 aliphatic rings. The number of ether oxygens (including phenoxy) is 1. The summed E-state index contributed by atoms with van der Waals surface area (Å²) in [4.78, 5) is 26.9. The SMILES string of the molecule is O=C(Oc1ccc(C2SCCS2)cc1)C1CCCN(C(=O)c2ccc(F)cc2)C1. The van der Waals surface area contributed by atoms with Crippen LogP contribution in [0, 0.1) is 11.7 Å². The van der Waals surface area contributed by atoms with Crippen LogP contribution >= 0.6 is 23.5 Å². The minimum absolute atomic E-state index is 0.182. The molecule has 1 amide bonds. The summed E-state index contributed by atoms with van der Waals surface area (Å²) in [7, 11) is 0. The molecule has 2 aromatic rings.